The van der Waals surface area contributed by atoms with Gasteiger partial charge >= 0.3 is 17.9 Å². The Morgan fingerprint density at radius 3 is 1.68 bits per heavy atom. The summed E-state index contributed by atoms with van der Waals surface area (Å²) in [5, 5.41) is 0. The number of allylic oxidation sites excluding steroid dienone is 1. The van der Waals surface area contributed by atoms with Gasteiger partial charge in [0.05, 0.1) is 26.4 Å². The first-order chi connectivity index (χ1) is 19.4. The number of carbonyl (C=O) groups excluding carboxylic acids is 4. The number of nitrogens with two attached hydrogens (primary N) is 1. The number of esters is 3. The van der Waals surface area contributed by atoms with E-state index >= 15 is 0 Å². The highest BCUT2D eigenvalue weighted by Gasteiger charge is 2.18. The van der Waals surface area contributed by atoms with Crippen LogP contribution >= 0.6 is 0 Å². The average Bonchev–Trinajstić information content (AvgIpc) is 2.97. The van der Waals surface area contributed by atoms with Crippen LogP contribution in [0.4, 0.5) is 0 Å². The number of unbranched alkanes of at least 4 members (excludes halogenated alkanes) is 2. The third kappa shape index (κ3) is 13.3. The van der Waals surface area contributed by atoms with Gasteiger partial charge in [0.2, 0.25) is 5.75 Å². The van der Waals surface area contributed by atoms with Crippen molar-refractivity contribution in [3.63, 3.8) is 0 Å². The highest BCUT2D eigenvalue weighted by Crippen LogP contribution is 2.41. The molecular formula is C28H35NO11. The molecule has 0 radical (unpaired) electrons. The zero-order valence-corrected chi connectivity index (χ0v) is 22.3. The summed E-state index contributed by atoms with van der Waals surface area (Å²) in [6.45, 7) is 10.7. The number of hydrogen-bond acceptors (Lipinski definition) is 12. The molecule has 1 aromatic carbocycles. The van der Waals surface area contributed by atoms with E-state index in [2.05, 4.69) is 24.6 Å². The van der Waals surface area contributed by atoms with E-state index in [-0.39, 0.29) is 62.6 Å². The first kappa shape index (κ1) is 33.4. The molecule has 12 heteroatoms. The lowest BCUT2D eigenvalue weighted by molar-refractivity contribution is -0.139. The summed E-state index contributed by atoms with van der Waals surface area (Å²) >= 11 is 0. The molecule has 0 aliphatic carbocycles. The summed E-state index contributed by atoms with van der Waals surface area (Å²) in [7, 11) is 0. The van der Waals surface area contributed by atoms with E-state index in [4.69, 9.17) is 34.3 Å². The van der Waals surface area contributed by atoms with Gasteiger partial charge in [0.25, 0.3) is 0 Å². The van der Waals surface area contributed by atoms with Crippen LogP contribution in [0.2, 0.25) is 0 Å². The maximum Gasteiger partial charge on any atom is 0.330 e. The van der Waals surface area contributed by atoms with E-state index in [1.807, 2.05) is 0 Å². The highest BCUT2D eigenvalue weighted by atomic mass is 16.6. The van der Waals surface area contributed by atoms with Gasteiger partial charge in [-0.25, -0.2) is 14.4 Å². The molecule has 218 valence electrons. The predicted molar refractivity (Wildman–Crippen MR) is 144 cm³/mol. The first-order valence-corrected chi connectivity index (χ1v) is 12.4. The van der Waals surface area contributed by atoms with E-state index in [0.29, 0.717) is 37.5 Å². The van der Waals surface area contributed by atoms with E-state index in [1.54, 1.807) is 12.1 Å². The van der Waals surface area contributed by atoms with Gasteiger partial charge in [0.1, 0.15) is 13.2 Å². The van der Waals surface area contributed by atoms with E-state index in [0.717, 1.165) is 18.2 Å². The van der Waals surface area contributed by atoms with Crippen molar-refractivity contribution >= 4 is 30.3 Å². The maximum absolute atomic E-state index is 11.3. The molecular weight excluding hydrogens is 526 g/mol. The average molecular weight is 562 g/mol. The standard InChI is InChI=1S/C28H35NO11/c1-4-24(31)35-13-7-9-15-38-27-21(19-22(20-30)40-29)11-12-23(34-17-18-37-26(33)6-3)28(27)39-16-10-8-14-36-25(32)5-2/h4-6,11-12,19-20H,1-3,7-10,13-18,29H2/b22-19+. The molecule has 0 unspecified atom stereocenters. The molecule has 0 aliphatic rings. The Hall–Kier alpha value is -4.58. The summed E-state index contributed by atoms with van der Waals surface area (Å²) in [6, 6.07) is 3.19. The molecule has 0 bridgehead atoms. The molecule has 0 atom stereocenters. The van der Waals surface area contributed by atoms with Crippen LogP contribution < -0.4 is 20.1 Å². The number of benzene rings is 1. The Morgan fingerprint density at radius 2 is 1.18 bits per heavy atom. The monoisotopic (exact) mass is 561 g/mol. The van der Waals surface area contributed by atoms with Crippen LogP contribution in [-0.4, -0.2) is 63.8 Å². The normalized spacial score (nSPS) is 10.5. The Labute approximate surface area is 232 Å². The van der Waals surface area contributed by atoms with Crippen LogP contribution in [0.15, 0.2) is 55.9 Å². The minimum Gasteiger partial charge on any atom is -0.489 e. The number of rotatable bonds is 22. The lowest BCUT2D eigenvalue weighted by atomic mass is 10.1. The molecule has 0 amide bonds. The van der Waals surface area contributed by atoms with Gasteiger partial charge in [-0.1, -0.05) is 19.7 Å². The predicted octanol–water partition coefficient (Wildman–Crippen LogP) is 3.00. The quantitative estimate of drug-likeness (QED) is 0.0420. The highest BCUT2D eigenvalue weighted by molar-refractivity contribution is 5.82. The van der Waals surface area contributed by atoms with Gasteiger partial charge in [-0.2, -0.15) is 5.90 Å². The molecule has 0 saturated heterocycles. The Balaban J connectivity index is 3.12. The molecule has 0 fully saturated rings. The zero-order valence-electron chi connectivity index (χ0n) is 22.3. The Kier molecular flexibility index (Phi) is 17.1. The fourth-order valence-corrected chi connectivity index (χ4v) is 2.89. The molecule has 0 spiro atoms. The fourth-order valence-electron chi connectivity index (χ4n) is 2.89. The van der Waals surface area contributed by atoms with Gasteiger partial charge in [0, 0.05) is 23.8 Å². The van der Waals surface area contributed by atoms with Crippen LogP contribution in [0.1, 0.15) is 31.2 Å². The van der Waals surface area contributed by atoms with Gasteiger partial charge in [-0.3, -0.25) is 4.79 Å². The molecule has 2 N–H and O–H groups in total. The lowest BCUT2D eigenvalue weighted by Crippen LogP contribution is -2.12. The van der Waals surface area contributed by atoms with E-state index < -0.39 is 17.9 Å². The summed E-state index contributed by atoms with van der Waals surface area (Å²) in [6.07, 6.45) is 7.05. The van der Waals surface area contributed by atoms with Crippen molar-refractivity contribution in [2.45, 2.75) is 25.7 Å². The number of hydrogen-bond donors (Lipinski definition) is 1. The third-order valence-corrected chi connectivity index (χ3v) is 4.80. The summed E-state index contributed by atoms with van der Waals surface area (Å²) in [5.74, 6) is 4.11. The molecule has 0 aromatic heterocycles. The van der Waals surface area contributed by atoms with Crippen molar-refractivity contribution in [1.29, 1.82) is 0 Å². The molecule has 12 nitrogen and oxygen atoms in total. The van der Waals surface area contributed by atoms with Crippen LogP contribution in [0, 0.1) is 0 Å². The van der Waals surface area contributed by atoms with Gasteiger partial charge in [-0.05, 0) is 43.9 Å². The van der Waals surface area contributed by atoms with E-state index in [9.17, 15) is 19.2 Å². The van der Waals surface area contributed by atoms with E-state index in [1.165, 1.54) is 6.08 Å². The second-order valence-corrected chi connectivity index (χ2v) is 7.67. The number of ether oxygens (including phenoxy) is 6. The number of carbonyl (C=O) groups is 4. The maximum atomic E-state index is 11.3. The van der Waals surface area contributed by atoms with Crippen molar-refractivity contribution in [2.75, 3.05) is 39.6 Å². The minimum atomic E-state index is -0.594. The summed E-state index contributed by atoms with van der Waals surface area (Å²) in [4.78, 5) is 49.6. The fraction of sp³-hybridized carbons (Fsp3) is 0.357. The second kappa shape index (κ2) is 20.4. The van der Waals surface area contributed by atoms with Crippen molar-refractivity contribution in [3.8, 4) is 17.2 Å². The third-order valence-electron chi connectivity index (χ3n) is 4.80. The van der Waals surface area contributed by atoms with Gasteiger partial charge < -0.3 is 33.3 Å². The molecule has 0 aliphatic heterocycles. The molecule has 1 rings (SSSR count). The molecule has 1 aromatic rings. The first-order valence-electron chi connectivity index (χ1n) is 12.4. The lowest BCUT2D eigenvalue weighted by Gasteiger charge is -2.19. The van der Waals surface area contributed by atoms with Crippen LogP contribution in [0.25, 0.3) is 6.08 Å². The van der Waals surface area contributed by atoms with Crippen LogP contribution in [0.5, 0.6) is 17.2 Å². The molecule has 0 saturated carbocycles. The van der Waals surface area contributed by atoms with Crippen LogP contribution in [-0.2, 0) is 38.2 Å². The van der Waals surface area contributed by atoms with Crippen molar-refractivity contribution in [3.05, 3.63) is 61.4 Å². The second-order valence-electron chi connectivity index (χ2n) is 7.67. The van der Waals surface area contributed by atoms with Gasteiger partial charge in [-0.15, -0.1) is 0 Å². The topological polar surface area (TPSA) is 159 Å². The summed E-state index contributed by atoms with van der Waals surface area (Å²) in [5.41, 5.74) is 0.408. The van der Waals surface area contributed by atoms with Gasteiger partial charge in [0.15, 0.2) is 23.5 Å². The largest absolute Gasteiger partial charge is 0.489 e. The zero-order chi connectivity index (χ0) is 29.6. The van der Waals surface area contributed by atoms with Crippen molar-refractivity contribution in [1.82, 2.24) is 0 Å². The summed E-state index contributed by atoms with van der Waals surface area (Å²) < 4.78 is 32.7. The smallest absolute Gasteiger partial charge is 0.330 e. The SMILES string of the molecule is C=CC(=O)OCCCCOc1c(/C=C(\C=O)ON)ccc(OCCOC(=O)C=C)c1OCCCCOC(=O)C=C. The molecule has 0 heterocycles. The van der Waals surface area contributed by atoms with Crippen molar-refractivity contribution in [2.24, 2.45) is 5.90 Å². The minimum absolute atomic E-state index is 0.00222. The molecule has 40 heavy (non-hydrogen) atoms. The number of aldehydes is 1. The Morgan fingerprint density at radius 1 is 0.675 bits per heavy atom. The van der Waals surface area contributed by atoms with Crippen molar-refractivity contribution < 1.29 is 52.4 Å². The Bertz CT molecular complexity index is 1050. The van der Waals surface area contributed by atoms with Crippen LogP contribution in [0.3, 0.4) is 0 Å².